The van der Waals surface area contributed by atoms with Crippen LogP contribution < -0.4 is 10.2 Å². The average molecular weight is 299 g/mol. The Morgan fingerprint density at radius 2 is 2.35 bits per heavy atom. The first kappa shape index (κ1) is 12.4. The quantitative estimate of drug-likeness (QED) is 0.880. The third kappa shape index (κ3) is 2.79. The van der Waals surface area contributed by atoms with Crippen LogP contribution in [-0.4, -0.2) is 36.8 Å². The highest BCUT2D eigenvalue weighted by molar-refractivity contribution is 9.10. The molecular weight excluding hydrogens is 284 g/mol. The Morgan fingerprint density at radius 3 is 3.06 bits per heavy atom. The number of aliphatic hydroxyl groups excluding tert-OH is 1. The second-order valence-corrected chi connectivity index (χ2v) is 4.91. The molecule has 0 aliphatic carbocycles. The first-order valence-electron chi connectivity index (χ1n) is 5.63. The van der Waals surface area contributed by atoms with Crippen molar-refractivity contribution in [3.05, 3.63) is 28.7 Å². The summed E-state index contributed by atoms with van der Waals surface area (Å²) in [7, 11) is 0. The van der Waals surface area contributed by atoms with Gasteiger partial charge in [0.1, 0.15) is 6.04 Å². The summed E-state index contributed by atoms with van der Waals surface area (Å²) in [5.41, 5.74) is 1.01. The zero-order chi connectivity index (χ0) is 12.3. The van der Waals surface area contributed by atoms with Crippen LogP contribution in [0.1, 0.15) is 6.42 Å². The van der Waals surface area contributed by atoms with Crippen LogP contribution in [0.25, 0.3) is 0 Å². The zero-order valence-corrected chi connectivity index (χ0v) is 11.0. The molecule has 0 radical (unpaired) electrons. The topological polar surface area (TPSA) is 52.6 Å². The molecule has 5 heteroatoms. The van der Waals surface area contributed by atoms with Gasteiger partial charge in [-0.25, -0.2) is 0 Å². The van der Waals surface area contributed by atoms with E-state index in [1.54, 1.807) is 0 Å². The lowest BCUT2D eigenvalue weighted by molar-refractivity contribution is -0.123. The maximum Gasteiger partial charge on any atom is 0.242 e. The summed E-state index contributed by atoms with van der Waals surface area (Å²) in [6.45, 7) is 1.43. The van der Waals surface area contributed by atoms with Crippen molar-refractivity contribution in [1.29, 1.82) is 0 Å². The number of benzene rings is 1. The van der Waals surface area contributed by atoms with E-state index in [2.05, 4.69) is 21.2 Å². The number of hydrogen-bond donors (Lipinski definition) is 2. The molecule has 2 rings (SSSR count). The van der Waals surface area contributed by atoms with Crippen molar-refractivity contribution in [2.75, 3.05) is 24.6 Å². The van der Waals surface area contributed by atoms with Gasteiger partial charge in [0.15, 0.2) is 0 Å². The monoisotopic (exact) mass is 298 g/mol. The van der Waals surface area contributed by atoms with Gasteiger partial charge in [-0.1, -0.05) is 22.0 Å². The Hall–Kier alpha value is -1.07. The Balaban J connectivity index is 2.24. The van der Waals surface area contributed by atoms with Gasteiger partial charge in [0, 0.05) is 29.9 Å². The van der Waals surface area contributed by atoms with E-state index in [-0.39, 0.29) is 18.6 Å². The zero-order valence-electron chi connectivity index (χ0n) is 9.40. The fraction of sp³-hybridized carbons (Fsp3) is 0.417. The lowest BCUT2D eigenvalue weighted by Gasteiger charge is -2.36. The summed E-state index contributed by atoms with van der Waals surface area (Å²) in [5, 5.41) is 11.9. The summed E-state index contributed by atoms with van der Waals surface area (Å²) >= 11 is 3.43. The van der Waals surface area contributed by atoms with Crippen LogP contribution in [0.5, 0.6) is 0 Å². The summed E-state index contributed by atoms with van der Waals surface area (Å²) < 4.78 is 0.990. The number of aliphatic hydroxyl groups is 1. The van der Waals surface area contributed by atoms with Gasteiger partial charge in [-0.05, 0) is 24.6 Å². The molecule has 1 aliphatic heterocycles. The fourth-order valence-corrected chi connectivity index (χ4v) is 2.47. The number of anilines is 1. The minimum absolute atomic E-state index is 0.00900. The Labute approximate surface area is 109 Å². The number of nitrogens with zero attached hydrogens (tertiary/aromatic N) is 1. The molecule has 1 aromatic carbocycles. The van der Waals surface area contributed by atoms with Gasteiger partial charge in [0.25, 0.3) is 0 Å². The second kappa shape index (κ2) is 5.51. The van der Waals surface area contributed by atoms with Gasteiger partial charge >= 0.3 is 0 Å². The molecule has 1 atom stereocenters. The predicted molar refractivity (Wildman–Crippen MR) is 70.0 cm³/mol. The molecule has 1 aliphatic rings. The maximum atomic E-state index is 11.8. The number of halogens is 1. The van der Waals surface area contributed by atoms with E-state index in [1.165, 1.54) is 0 Å². The molecule has 1 heterocycles. The standard InChI is InChI=1S/C12H15BrN2O2/c13-9-2-1-3-10(8-9)15-6-5-14-12(17)11(15)4-7-16/h1-3,8,11,16H,4-7H2,(H,14,17). The number of amides is 1. The minimum atomic E-state index is -0.275. The van der Waals surface area contributed by atoms with Gasteiger partial charge < -0.3 is 15.3 Å². The third-order valence-electron chi connectivity index (χ3n) is 2.87. The number of carbonyl (C=O) groups excluding carboxylic acids is 1. The van der Waals surface area contributed by atoms with Crippen LogP contribution in [0.2, 0.25) is 0 Å². The van der Waals surface area contributed by atoms with Crippen molar-refractivity contribution < 1.29 is 9.90 Å². The average Bonchev–Trinajstić information content (AvgIpc) is 2.32. The van der Waals surface area contributed by atoms with Crippen LogP contribution >= 0.6 is 15.9 Å². The lowest BCUT2D eigenvalue weighted by atomic mass is 10.1. The molecule has 17 heavy (non-hydrogen) atoms. The van der Waals surface area contributed by atoms with Crippen LogP contribution in [0, 0.1) is 0 Å². The molecule has 1 saturated heterocycles. The van der Waals surface area contributed by atoms with Crippen molar-refractivity contribution >= 4 is 27.5 Å². The summed E-state index contributed by atoms with van der Waals surface area (Å²) in [6, 6.07) is 7.59. The summed E-state index contributed by atoms with van der Waals surface area (Å²) in [5.74, 6) is -0.00900. The first-order valence-corrected chi connectivity index (χ1v) is 6.42. The van der Waals surface area contributed by atoms with E-state index in [4.69, 9.17) is 5.11 Å². The van der Waals surface area contributed by atoms with Gasteiger partial charge in [-0.2, -0.15) is 0 Å². The van der Waals surface area contributed by atoms with Crippen molar-refractivity contribution in [2.24, 2.45) is 0 Å². The van der Waals surface area contributed by atoms with E-state index in [9.17, 15) is 4.79 Å². The normalized spacial score (nSPS) is 20.2. The Morgan fingerprint density at radius 1 is 1.53 bits per heavy atom. The van der Waals surface area contributed by atoms with Crippen LogP contribution in [0.3, 0.4) is 0 Å². The number of rotatable bonds is 3. The van der Waals surface area contributed by atoms with Crippen LogP contribution in [-0.2, 0) is 4.79 Å². The minimum Gasteiger partial charge on any atom is -0.396 e. The molecule has 0 spiro atoms. The molecule has 4 nitrogen and oxygen atoms in total. The van der Waals surface area contributed by atoms with Crippen molar-refractivity contribution in [1.82, 2.24) is 5.32 Å². The smallest absolute Gasteiger partial charge is 0.242 e. The molecule has 92 valence electrons. The maximum absolute atomic E-state index is 11.8. The van der Waals surface area contributed by atoms with E-state index >= 15 is 0 Å². The molecule has 0 saturated carbocycles. The van der Waals surface area contributed by atoms with E-state index in [0.717, 1.165) is 16.7 Å². The number of carbonyl (C=O) groups is 1. The van der Waals surface area contributed by atoms with Gasteiger partial charge in [0.05, 0.1) is 0 Å². The van der Waals surface area contributed by atoms with E-state index in [1.807, 2.05) is 29.2 Å². The van der Waals surface area contributed by atoms with Crippen LogP contribution in [0.15, 0.2) is 28.7 Å². The van der Waals surface area contributed by atoms with Gasteiger partial charge in [-0.3, -0.25) is 4.79 Å². The molecule has 1 amide bonds. The molecule has 1 aromatic rings. The predicted octanol–water partition coefficient (Wildman–Crippen LogP) is 1.14. The molecule has 1 fully saturated rings. The summed E-state index contributed by atoms with van der Waals surface area (Å²) in [4.78, 5) is 13.8. The van der Waals surface area contributed by atoms with Crippen molar-refractivity contribution in [3.63, 3.8) is 0 Å². The molecule has 0 bridgehead atoms. The van der Waals surface area contributed by atoms with Crippen molar-refractivity contribution in [2.45, 2.75) is 12.5 Å². The van der Waals surface area contributed by atoms with Gasteiger partial charge in [0.2, 0.25) is 5.91 Å². The number of piperazine rings is 1. The molecular formula is C12H15BrN2O2. The van der Waals surface area contributed by atoms with Gasteiger partial charge in [-0.15, -0.1) is 0 Å². The molecule has 0 aromatic heterocycles. The second-order valence-electron chi connectivity index (χ2n) is 3.99. The third-order valence-corrected chi connectivity index (χ3v) is 3.37. The Bertz CT molecular complexity index is 411. The summed E-state index contributed by atoms with van der Waals surface area (Å²) in [6.07, 6.45) is 0.457. The Kier molecular flexibility index (Phi) is 4.02. The first-order chi connectivity index (χ1) is 8.22. The highest BCUT2D eigenvalue weighted by Gasteiger charge is 2.29. The van der Waals surface area contributed by atoms with E-state index in [0.29, 0.717) is 13.0 Å². The SMILES string of the molecule is O=C1NCCN(c2cccc(Br)c2)C1CCO. The molecule has 1 unspecified atom stereocenters. The van der Waals surface area contributed by atoms with Crippen molar-refractivity contribution in [3.8, 4) is 0 Å². The highest BCUT2D eigenvalue weighted by Crippen LogP contribution is 2.23. The largest absolute Gasteiger partial charge is 0.396 e. The fourth-order valence-electron chi connectivity index (χ4n) is 2.09. The highest BCUT2D eigenvalue weighted by atomic mass is 79.9. The lowest BCUT2D eigenvalue weighted by Crippen LogP contribution is -2.55. The molecule has 2 N–H and O–H groups in total. The van der Waals surface area contributed by atoms with E-state index < -0.39 is 0 Å². The number of nitrogens with one attached hydrogen (secondary N) is 1. The number of hydrogen-bond acceptors (Lipinski definition) is 3. The van der Waals surface area contributed by atoms with Crippen LogP contribution in [0.4, 0.5) is 5.69 Å².